The molecule has 0 saturated heterocycles. The summed E-state index contributed by atoms with van der Waals surface area (Å²) in [7, 11) is 0. The second-order valence-electron chi connectivity index (χ2n) is 4.52. The molecule has 6 heteroatoms. The number of aliphatic hydroxyl groups is 1. The number of carboxylic acid groups (broad SMARTS) is 2. The van der Waals surface area contributed by atoms with Crippen LogP contribution >= 0.6 is 0 Å². The largest absolute Gasteiger partial charge is 0.481 e. The number of ketones is 1. The third kappa shape index (κ3) is 11.1. The Bertz CT molecular complexity index is 282. The molecule has 0 radical (unpaired) electrons. The van der Waals surface area contributed by atoms with E-state index in [1.165, 1.54) is 13.8 Å². The van der Waals surface area contributed by atoms with Gasteiger partial charge in [-0.2, -0.15) is 0 Å². The van der Waals surface area contributed by atoms with E-state index in [0.29, 0.717) is 12.3 Å². The van der Waals surface area contributed by atoms with Crippen molar-refractivity contribution in [3.63, 3.8) is 0 Å². The second kappa shape index (κ2) is 9.58. The number of Topliss-reactive ketones (excluding diaryl/α,β-unsaturated/α-hetero) is 1. The molecule has 6 nitrogen and oxygen atoms in total. The second-order valence-corrected chi connectivity index (χ2v) is 4.52. The molecule has 18 heavy (non-hydrogen) atoms. The van der Waals surface area contributed by atoms with E-state index in [1.54, 1.807) is 0 Å². The maximum Gasteiger partial charge on any atom is 0.372 e. The summed E-state index contributed by atoms with van der Waals surface area (Å²) >= 11 is 0. The Morgan fingerprint density at radius 2 is 1.44 bits per heavy atom. The molecule has 0 saturated carbocycles. The van der Waals surface area contributed by atoms with Gasteiger partial charge in [0, 0.05) is 6.42 Å². The number of hydrogen-bond acceptors (Lipinski definition) is 4. The van der Waals surface area contributed by atoms with Crippen molar-refractivity contribution in [1.29, 1.82) is 0 Å². The lowest BCUT2D eigenvalue weighted by Gasteiger charge is -2.08. The molecule has 0 fully saturated rings. The summed E-state index contributed by atoms with van der Waals surface area (Å²) in [4.78, 5) is 30.4. The molecule has 0 rings (SSSR count). The summed E-state index contributed by atoms with van der Waals surface area (Å²) in [5.41, 5.74) is 0. The van der Waals surface area contributed by atoms with E-state index >= 15 is 0 Å². The molecule has 2 atom stereocenters. The molecule has 0 bridgehead atoms. The van der Waals surface area contributed by atoms with Crippen molar-refractivity contribution >= 4 is 17.7 Å². The van der Waals surface area contributed by atoms with E-state index in [4.69, 9.17) is 15.3 Å². The van der Waals surface area contributed by atoms with Crippen LogP contribution in [-0.4, -0.2) is 39.1 Å². The lowest BCUT2D eigenvalue weighted by Crippen LogP contribution is -2.28. The van der Waals surface area contributed by atoms with E-state index in [-0.39, 0.29) is 0 Å². The monoisotopic (exact) mass is 262 g/mol. The summed E-state index contributed by atoms with van der Waals surface area (Å²) < 4.78 is 0. The number of carbonyl (C=O) groups is 3. The Labute approximate surface area is 107 Å². The highest BCUT2D eigenvalue weighted by Gasteiger charge is 2.23. The molecule has 0 aromatic carbocycles. The predicted octanol–water partition coefficient (Wildman–Crippen LogP) is 1.16. The fourth-order valence-electron chi connectivity index (χ4n) is 0.826. The topological polar surface area (TPSA) is 112 Å². The fourth-order valence-corrected chi connectivity index (χ4v) is 0.826. The van der Waals surface area contributed by atoms with Crippen LogP contribution in [0.4, 0.5) is 0 Å². The highest BCUT2D eigenvalue weighted by molar-refractivity contribution is 6.33. The van der Waals surface area contributed by atoms with Crippen LogP contribution in [-0.2, 0) is 14.4 Å². The van der Waals surface area contributed by atoms with Gasteiger partial charge in [-0.1, -0.05) is 20.8 Å². The van der Waals surface area contributed by atoms with Crippen molar-refractivity contribution in [2.24, 2.45) is 11.8 Å². The lowest BCUT2D eigenvalue weighted by atomic mass is 10.0. The predicted molar refractivity (Wildman–Crippen MR) is 65.2 cm³/mol. The minimum Gasteiger partial charge on any atom is -0.481 e. The molecule has 0 aliphatic carbocycles. The summed E-state index contributed by atoms with van der Waals surface area (Å²) in [6, 6.07) is 0. The van der Waals surface area contributed by atoms with Gasteiger partial charge in [-0.15, -0.1) is 0 Å². The van der Waals surface area contributed by atoms with Gasteiger partial charge in [0.25, 0.3) is 0 Å². The van der Waals surface area contributed by atoms with Crippen molar-refractivity contribution < 1.29 is 29.7 Å². The van der Waals surface area contributed by atoms with Crippen LogP contribution in [0, 0.1) is 11.8 Å². The zero-order valence-corrected chi connectivity index (χ0v) is 11.2. The molecule has 0 aromatic rings. The molecule has 0 aliphatic rings. The van der Waals surface area contributed by atoms with Gasteiger partial charge in [0.05, 0.1) is 12.0 Å². The number of carboxylic acids is 2. The van der Waals surface area contributed by atoms with E-state index in [1.807, 2.05) is 13.8 Å². The van der Waals surface area contributed by atoms with Crippen molar-refractivity contribution in [3.05, 3.63) is 0 Å². The Kier molecular flexibility index (Phi) is 10.1. The molecule has 2 unspecified atom stereocenters. The van der Waals surface area contributed by atoms with E-state index in [9.17, 15) is 14.4 Å². The Balaban J connectivity index is 0. The average molecular weight is 262 g/mol. The van der Waals surface area contributed by atoms with Crippen LogP contribution in [0.1, 0.15) is 40.5 Å². The Morgan fingerprint density at radius 1 is 1.00 bits per heavy atom. The summed E-state index contributed by atoms with van der Waals surface area (Å²) in [5, 5.41) is 25.1. The van der Waals surface area contributed by atoms with Gasteiger partial charge in [0.2, 0.25) is 5.78 Å². The van der Waals surface area contributed by atoms with Crippen LogP contribution in [0.5, 0.6) is 0 Å². The highest BCUT2D eigenvalue weighted by atomic mass is 16.4. The van der Waals surface area contributed by atoms with Gasteiger partial charge in [0.15, 0.2) is 0 Å². The molecule has 0 heterocycles. The number of carbonyl (C=O) groups excluding carboxylic acids is 1. The SMILES string of the molecule is CC(C)CCC(=O)O.CC(O)C(C)C(=O)C(=O)O. The molecule has 106 valence electrons. The normalized spacial score (nSPS) is 13.2. The number of aliphatic carboxylic acids is 2. The Hall–Kier alpha value is -1.43. The fraction of sp³-hybridized carbons (Fsp3) is 0.750. The maximum atomic E-state index is 10.5. The van der Waals surface area contributed by atoms with Crippen molar-refractivity contribution in [2.45, 2.75) is 46.6 Å². The molecule has 0 amide bonds. The van der Waals surface area contributed by atoms with Crippen molar-refractivity contribution in [2.75, 3.05) is 0 Å². The molecule has 0 spiro atoms. The number of aliphatic hydroxyl groups excluding tert-OH is 1. The molecular formula is C12H22O6. The summed E-state index contributed by atoms with van der Waals surface area (Å²) in [5.74, 6) is -3.45. The standard InChI is InChI=1S/C6H10O4.C6H12O2/c1-3(4(2)7)5(8)6(9)10;1-5(2)3-4-6(7)8/h3-4,7H,1-2H3,(H,9,10);5H,3-4H2,1-2H3,(H,7,8). The van der Waals surface area contributed by atoms with E-state index in [0.717, 1.165) is 6.42 Å². The van der Waals surface area contributed by atoms with Gasteiger partial charge >= 0.3 is 11.9 Å². The quantitative estimate of drug-likeness (QED) is 0.619. The van der Waals surface area contributed by atoms with Crippen LogP contribution < -0.4 is 0 Å². The minimum absolute atomic E-state index is 0.303. The first-order valence-electron chi connectivity index (χ1n) is 5.76. The smallest absolute Gasteiger partial charge is 0.372 e. The van der Waals surface area contributed by atoms with E-state index < -0.39 is 29.7 Å². The summed E-state index contributed by atoms with van der Waals surface area (Å²) in [6.45, 7) is 6.79. The number of hydrogen-bond donors (Lipinski definition) is 3. The highest BCUT2D eigenvalue weighted by Crippen LogP contribution is 2.03. The zero-order chi connectivity index (χ0) is 14.9. The van der Waals surface area contributed by atoms with Crippen LogP contribution in [0.2, 0.25) is 0 Å². The van der Waals surface area contributed by atoms with Gasteiger partial charge in [-0.25, -0.2) is 4.79 Å². The van der Waals surface area contributed by atoms with Crippen LogP contribution in [0.15, 0.2) is 0 Å². The van der Waals surface area contributed by atoms with Crippen molar-refractivity contribution in [3.8, 4) is 0 Å². The minimum atomic E-state index is -1.49. The molecule has 3 N–H and O–H groups in total. The average Bonchev–Trinajstić information content (AvgIpc) is 2.24. The van der Waals surface area contributed by atoms with Crippen LogP contribution in [0.25, 0.3) is 0 Å². The van der Waals surface area contributed by atoms with Gasteiger partial charge in [-0.3, -0.25) is 9.59 Å². The van der Waals surface area contributed by atoms with E-state index in [2.05, 4.69) is 0 Å². The zero-order valence-electron chi connectivity index (χ0n) is 11.2. The first kappa shape index (κ1) is 18.9. The first-order chi connectivity index (χ1) is 8.09. The first-order valence-corrected chi connectivity index (χ1v) is 5.76. The number of rotatable bonds is 6. The molecule has 0 aromatic heterocycles. The Morgan fingerprint density at radius 3 is 1.56 bits per heavy atom. The lowest BCUT2D eigenvalue weighted by molar-refractivity contribution is -0.152. The molecule has 0 aliphatic heterocycles. The summed E-state index contributed by atoms with van der Waals surface area (Å²) in [6.07, 6.45) is 0.191. The third-order valence-electron chi connectivity index (χ3n) is 2.28. The maximum absolute atomic E-state index is 10.5. The van der Waals surface area contributed by atoms with Gasteiger partial charge < -0.3 is 15.3 Å². The van der Waals surface area contributed by atoms with Gasteiger partial charge in [-0.05, 0) is 19.3 Å². The van der Waals surface area contributed by atoms with Gasteiger partial charge in [0.1, 0.15) is 0 Å². The third-order valence-corrected chi connectivity index (χ3v) is 2.28. The van der Waals surface area contributed by atoms with Crippen molar-refractivity contribution in [1.82, 2.24) is 0 Å². The molecular weight excluding hydrogens is 240 g/mol. The van der Waals surface area contributed by atoms with Crippen LogP contribution in [0.3, 0.4) is 0 Å².